The maximum Gasteiger partial charge on any atom is 0.338 e. The number of esters is 1. The zero-order valence-corrected chi connectivity index (χ0v) is 9.55. The predicted molar refractivity (Wildman–Crippen MR) is 65.7 cm³/mol. The second-order valence-electron chi connectivity index (χ2n) is 2.83. The summed E-state index contributed by atoms with van der Waals surface area (Å²) in [5.41, 5.74) is 1.35. The number of carboxylic acid groups (broad SMARTS) is 1. The molecule has 1 rings (SSSR count). The number of methoxy groups -OCH3 is 1. The maximum absolute atomic E-state index is 11.1. The summed E-state index contributed by atoms with van der Waals surface area (Å²) < 4.78 is 4.59. The molecule has 0 spiro atoms. The molecule has 0 unspecified atom stereocenters. The van der Waals surface area contributed by atoms with Gasteiger partial charge in [0.2, 0.25) is 0 Å². The lowest BCUT2D eigenvalue weighted by Gasteiger charge is -2.01. The SMILES string of the molecule is C=CC(=O)O.C=Cc1ccccc1C(=O)OC. The van der Waals surface area contributed by atoms with Gasteiger partial charge in [-0.3, -0.25) is 0 Å². The third-order valence-electron chi connectivity index (χ3n) is 1.76. The Balaban J connectivity index is 0.000000437. The molecule has 0 atom stereocenters. The van der Waals surface area contributed by atoms with Crippen LogP contribution >= 0.6 is 0 Å². The highest BCUT2D eigenvalue weighted by Gasteiger charge is 2.07. The first-order chi connectivity index (χ1) is 8.06. The van der Waals surface area contributed by atoms with Gasteiger partial charge in [-0.15, -0.1) is 0 Å². The molecule has 1 N–H and O–H groups in total. The van der Waals surface area contributed by atoms with Crippen LogP contribution in [0.25, 0.3) is 6.08 Å². The largest absolute Gasteiger partial charge is 0.478 e. The number of carbonyl (C=O) groups excluding carboxylic acids is 1. The van der Waals surface area contributed by atoms with Gasteiger partial charge in [0.1, 0.15) is 0 Å². The number of aliphatic carboxylic acids is 1. The number of carboxylic acids is 1. The third kappa shape index (κ3) is 5.32. The molecule has 0 aromatic heterocycles. The van der Waals surface area contributed by atoms with E-state index in [1.165, 1.54) is 7.11 Å². The number of hydrogen-bond acceptors (Lipinski definition) is 3. The standard InChI is InChI=1S/C10H10O2.C3H4O2/c1-3-8-6-4-5-7-9(8)10(11)12-2;1-2-3(4)5/h3-7H,1H2,2H3;2H,1H2,(H,4,5). The van der Waals surface area contributed by atoms with Crippen molar-refractivity contribution in [2.45, 2.75) is 0 Å². The molecule has 0 saturated carbocycles. The summed E-state index contributed by atoms with van der Waals surface area (Å²) >= 11 is 0. The smallest absolute Gasteiger partial charge is 0.338 e. The van der Waals surface area contributed by atoms with Gasteiger partial charge in [-0.2, -0.15) is 0 Å². The van der Waals surface area contributed by atoms with E-state index in [0.29, 0.717) is 5.56 Å². The maximum atomic E-state index is 11.1. The molecule has 0 aliphatic rings. The molecule has 0 saturated heterocycles. The van der Waals surface area contributed by atoms with Crippen molar-refractivity contribution in [1.29, 1.82) is 0 Å². The van der Waals surface area contributed by atoms with E-state index in [-0.39, 0.29) is 5.97 Å². The summed E-state index contributed by atoms with van der Waals surface area (Å²) in [5, 5.41) is 7.60. The van der Waals surface area contributed by atoms with Crippen LogP contribution in [-0.2, 0) is 9.53 Å². The number of benzene rings is 1. The van der Waals surface area contributed by atoms with Gasteiger partial charge in [0.05, 0.1) is 12.7 Å². The third-order valence-corrected chi connectivity index (χ3v) is 1.76. The zero-order chi connectivity index (χ0) is 13.3. The Morgan fingerprint density at radius 2 is 1.82 bits per heavy atom. The summed E-state index contributed by atoms with van der Waals surface area (Å²) in [6.45, 7) is 6.56. The minimum atomic E-state index is -0.981. The van der Waals surface area contributed by atoms with E-state index in [4.69, 9.17) is 5.11 Å². The van der Waals surface area contributed by atoms with Crippen LogP contribution in [-0.4, -0.2) is 24.2 Å². The molecule has 90 valence electrons. The summed E-state index contributed by atoms with van der Waals surface area (Å²) in [4.78, 5) is 20.4. The topological polar surface area (TPSA) is 63.6 Å². The van der Waals surface area contributed by atoms with Gasteiger partial charge >= 0.3 is 11.9 Å². The predicted octanol–water partition coefficient (Wildman–Crippen LogP) is 2.37. The Morgan fingerprint density at radius 1 is 1.29 bits per heavy atom. The van der Waals surface area contributed by atoms with Crippen LogP contribution in [0, 0.1) is 0 Å². The normalized spacial score (nSPS) is 8.29. The fourth-order valence-corrected chi connectivity index (χ4v) is 0.971. The molecule has 4 heteroatoms. The molecule has 0 aliphatic heterocycles. The fourth-order valence-electron chi connectivity index (χ4n) is 0.971. The Labute approximate surface area is 99.8 Å². The molecular formula is C13H14O4. The lowest BCUT2D eigenvalue weighted by atomic mass is 10.1. The number of rotatable bonds is 3. The second kappa shape index (κ2) is 7.87. The van der Waals surface area contributed by atoms with Crippen LogP contribution in [0.2, 0.25) is 0 Å². The first kappa shape index (κ1) is 14.6. The van der Waals surface area contributed by atoms with Crippen LogP contribution in [0.4, 0.5) is 0 Å². The van der Waals surface area contributed by atoms with E-state index in [1.54, 1.807) is 18.2 Å². The van der Waals surface area contributed by atoms with Crippen molar-refractivity contribution in [1.82, 2.24) is 0 Å². The van der Waals surface area contributed by atoms with Crippen molar-refractivity contribution in [3.8, 4) is 0 Å². The summed E-state index contributed by atoms with van der Waals surface area (Å²) in [6.07, 6.45) is 2.46. The van der Waals surface area contributed by atoms with E-state index in [9.17, 15) is 9.59 Å². The lowest BCUT2D eigenvalue weighted by Crippen LogP contribution is -2.02. The molecule has 17 heavy (non-hydrogen) atoms. The van der Waals surface area contributed by atoms with E-state index >= 15 is 0 Å². The van der Waals surface area contributed by atoms with E-state index in [0.717, 1.165) is 11.6 Å². The van der Waals surface area contributed by atoms with E-state index in [2.05, 4.69) is 17.9 Å². The average molecular weight is 234 g/mol. The minimum Gasteiger partial charge on any atom is -0.478 e. The molecule has 1 aromatic carbocycles. The molecule has 1 aromatic rings. The van der Waals surface area contributed by atoms with Crippen molar-refractivity contribution in [2.75, 3.05) is 7.11 Å². The molecule has 0 amide bonds. The van der Waals surface area contributed by atoms with E-state index in [1.807, 2.05) is 12.1 Å². The van der Waals surface area contributed by atoms with Gasteiger partial charge in [-0.1, -0.05) is 37.4 Å². The summed E-state index contributed by atoms with van der Waals surface area (Å²) in [5.74, 6) is -1.31. The minimum absolute atomic E-state index is 0.328. The number of ether oxygens (including phenoxy) is 1. The van der Waals surface area contributed by atoms with Crippen molar-refractivity contribution in [3.63, 3.8) is 0 Å². The Bertz CT molecular complexity index is 421. The molecule has 0 fully saturated rings. The average Bonchev–Trinajstić information content (AvgIpc) is 2.38. The Morgan fingerprint density at radius 3 is 2.24 bits per heavy atom. The first-order valence-corrected chi connectivity index (χ1v) is 4.72. The molecule has 4 nitrogen and oxygen atoms in total. The number of carbonyl (C=O) groups is 2. The number of hydrogen-bond donors (Lipinski definition) is 1. The highest BCUT2D eigenvalue weighted by atomic mass is 16.5. The van der Waals surface area contributed by atoms with Gasteiger partial charge in [-0.25, -0.2) is 9.59 Å². The summed E-state index contributed by atoms with van der Waals surface area (Å²) in [7, 11) is 1.36. The molecule has 0 heterocycles. The zero-order valence-electron chi connectivity index (χ0n) is 9.55. The first-order valence-electron chi connectivity index (χ1n) is 4.72. The van der Waals surface area contributed by atoms with Crippen LogP contribution in [0.1, 0.15) is 15.9 Å². The Kier molecular flexibility index (Phi) is 6.78. The van der Waals surface area contributed by atoms with Crippen molar-refractivity contribution in [3.05, 3.63) is 54.6 Å². The van der Waals surface area contributed by atoms with Gasteiger partial charge < -0.3 is 9.84 Å². The molecule has 0 aliphatic carbocycles. The van der Waals surface area contributed by atoms with Crippen LogP contribution in [0.5, 0.6) is 0 Å². The van der Waals surface area contributed by atoms with Gasteiger partial charge in [0.25, 0.3) is 0 Å². The molecular weight excluding hydrogens is 220 g/mol. The highest BCUT2D eigenvalue weighted by molar-refractivity contribution is 5.93. The second-order valence-corrected chi connectivity index (χ2v) is 2.83. The van der Waals surface area contributed by atoms with E-state index < -0.39 is 5.97 Å². The monoisotopic (exact) mass is 234 g/mol. The molecule has 0 radical (unpaired) electrons. The van der Waals surface area contributed by atoms with Gasteiger partial charge in [-0.05, 0) is 11.6 Å². The Hall–Kier alpha value is -2.36. The highest BCUT2D eigenvalue weighted by Crippen LogP contribution is 2.10. The van der Waals surface area contributed by atoms with Crippen molar-refractivity contribution in [2.24, 2.45) is 0 Å². The quantitative estimate of drug-likeness (QED) is 0.644. The van der Waals surface area contributed by atoms with Gasteiger partial charge in [0.15, 0.2) is 0 Å². The van der Waals surface area contributed by atoms with Crippen molar-refractivity contribution < 1.29 is 19.4 Å². The van der Waals surface area contributed by atoms with Crippen molar-refractivity contribution >= 4 is 18.0 Å². The van der Waals surface area contributed by atoms with Gasteiger partial charge in [0, 0.05) is 6.08 Å². The van der Waals surface area contributed by atoms with Crippen LogP contribution < -0.4 is 0 Å². The fraction of sp³-hybridized carbons (Fsp3) is 0.0769. The molecule has 0 bridgehead atoms. The summed E-state index contributed by atoms with van der Waals surface area (Å²) in [6, 6.07) is 7.17. The van der Waals surface area contributed by atoms with Crippen LogP contribution in [0.3, 0.4) is 0 Å². The van der Waals surface area contributed by atoms with Crippen LogP contribution in [0.15, 0.2) is 43.5 Å². The lowest BCUT2D eigenvalue weighted by molar-refractivity contribution is -0.131.